The van der Waals surface area contributed by atoms with E-state index in [2.05, 4.69) is 97.9 Å². The van der Waals surface area contributed by atoms with Gasteiger partial charge >= 0.3 is 0 Å². The third kappa shape index (κ3) is 5.24. The van der Waals surface area contributed by atoms with Gasteiger partial charge in [0.15, 0.2) is 0 Å². The smallest absolute Gasteiger partial charge is 0.254 e. The van der Waals surface area contributed by atoms with Crippen LogP contribution in [0.2, 0.25) is 0 Å². The molecule has 0 spiro atoms. The number of nitrogens with zero attached hydrogens (tertiary/aromatic N) is 1. The molecule has 38 heavy (non-hydrogen) atoms. The van der Waals surface area contributed by atoms with Gasteiger partial charge in [-0.15, -0.1) is 0 Å². The van der Waals surface area contributed by atoms with Crippen molar-refractivity contribution >= 4 is 21.8 Å². The Bertz CT molecular complexity index is 1290. The monoisotopic (exact) mass is 571 g/mol. The molecule has 0 saturated heterocycles. The zero-order chi connectivity index (χ0) is 27.1. The number of amides is 1. The lowest BCUT2D eigenvalue weighted by Crippen LogP contribution is -2.53. The summed E-state index contributed by atoms with van der Waals surface area (Å²) in [5.74, 6) is 1.24. The van der Waals surface area contributed by atoms with Gasteiger partial charge in [0, 0.05) is 23.1 Å². The van der Waals surface area contributed by atoms with Crippen LogP contribution in [0.4, 0.5) is 0 Å². The first-order chi connectivity index (χ1) is 18.1. The normalized spacial score (nSPS) is 24.6. The van der Waals surface area contributed by atoms with Gasteiger partial charge in [-0.25, -0.2) is 0 Å². The summed E-state index contributed by atoms with van der Waals surface area (Å²) < 4.78 is 0.996. The molecule has 2 aliphatic carbocycles. The van der Waals surface area contributed by atoms with Crippen LogP contribution in [0.5, 0.6) is 0 Å². The zero-order valence-electron chi connectivity index (χ0n) is 23.7. The van der Waals surface area contributed by atoms with Crippen molar-refractivity contribution in [1.29, 1.82) is 0 Å². The van der Waals surface area contributed by atoms with Gasteiger partial charge < -0.3 is 4.90 Å². The molecule has 1 saturated carbocycles. The first kappa shape index (κ1) is 27.2. The van der Waals surface area contributed by atoms with Crippen LogP contribution in [0.15, 0.2) is 71.2 Å². The maximum Gasteiger partial charge on any atom is 0.254 e. The second-order valence-corrected chi connectivity index (χ2v) is 13.7. The lowest BCUT2D eigenvalue weighted by atomic mass is 9.49. The van der Waals surface area contributed by atoms with Crippen molar-refractivity contribution < 1.29 is 4.79 Å². The fourth-order valence-corrected chi connectivity index (χ4v) is 7.78. The Kier molecular flexibility index (Phi) is 7.61. The molecule has 2 nitrogen and oxygen atoms in total. The van der Waals surface area contributed by atoms with E-state index in [0.717, 1.165) is 23.0 Å². The fraction of sp³-hybridized carbons (Fsp3) is 0.457. The minimum Gasteiger partial charge on any atom is -0.334 e. The van der Waals surface area contributed by atoms with E-state index in [4.69, 9.17) is 0 Å². The summed E-state index contributed by atoms with van der Waals surface area (Å²) >= 11 is 3.52. The summed E-state index contributed by atoms with van der Waals surface area (Å²) in [4.78, 5) is 16.1. The molecule has 3 aromatic carbocycles. The van der Waals surface area contributed by atoms with Gasteiger partial charge in [-0.3, -0.25) is 4.79 Å². The number of aryl methyl sites for hydroxylation is 2. The van der Waals surface area contributed by atoms with Crippen LogP contribution in [0.1, 0.15) is 97.5 Å². The molecule has 0 radical (unpaired) electrons. The summed E-state index contributed by atoms with van der Waals surface area (Å²) in [5, 5.41) is 0. The van der Waals surface area contributed by atoms with E-state index in [1.165, 1.54) is 42.4 Å². The Balaban J connectivity index is 1.48. The highest BCUT2D eigenvalue weighted by Crippen LogP contribution is 2.57. The molecule has 5 rings (SSSR count). The first-order valence-electron chi connectivity index (χ1n) is 14.3. The Morgan fingerprint density at radius 3 is 2.39 bits per heavy atom. The minimum atomic E-state index is 0.0666. The molecular formula is C35H42BrNO. The van der Waals surface area contributed by atoms with E-state index >= 15 is 0 Å². The van der Waals surface area contributed by atoms with E-state index in [0.29, 0.717) is 18.4 Å². The van der Waals surface area contributed by atoms with Crippen LogP contribution in [0, 0.1) is 18.3 Å². The van der Waals surface area contributed by atoms with E-state index in [1.54, 1.807) is 11.1 Å². The predicted molar refractivity (Wildman–Crippen MR) is 162 cm³/mol. The molecule has 3 heteroatoms. The highest BCUT2D eigenvalue weighted by atomic mass is 79.9. The van der Waals surface area contributed by atoms with Crippen LogP contribution >= 0.6 is 15.9 Å². The second kappa shape index (κ2) is 10.6. The Hall–Kier alpha value is -2.39. The molecular weight excluding hydrogens is 530 g/mol. The number of fused-ring (bicyclic) bond motifs is 3. The van der Waals surface area contributed by atoms with Gasteiger partial charge in [-0.1, -0.05) is 98.1 Å². The first-order valence-corrected chi connectivity index (χ1v) is 15.1. The van der Waals surface area contributed by atoms with E-state index < -0.39 is 0 Å². The maximum atomic E-state index is 14.0. The molecule has 2 aliphatic rings. The molecule has 3 unspecified atom stereocenters. The van der Waals surface area contributed by atoms with E-state index in [-0.39, 0.29) is 16.7 Å². The topological polar surface area (TPSA) is 20.3 Å². The number of halogens is 1. The number of carbonyl (C=O) groups is 1. The highest BCUT2D eigenvalue weighted by Gasteiger charge is 2.52. The van der Waals surface area contributed by atoms with Gasteiger partial charge in [0.05, 0.1) is 0 Å². The summed E-state index contributed by atoms with van der Waals surface area (Å²) in [6.45, 7) is 13.1. The average molecular weight is 573 g/mol. The molecule has 0 aliphatic heterocycles. The standard InChI is InChI=1S/C35H42BrNO/c1-24(2)28-13-17-31-29(21-28)14-18-32-34(4,19-6-20-35(31,32)5)23-37(22-26-9-7-25(3)8-10-26)33(38)27-11-15-30(36)16-12-27/h7-13,15-17,21,24,32H,6,14,18-20,22-23H2,1-5H3. The molecule has 0 N–H and O–H groups in total. The van der Waals surface area contributed by atoms with Crippen LogP contribution in [0.3, 0.4) is 0 Å². The van der Waals surface area contributed by atoms with Crippen LogP contribution < -0.4 is 0 Å². The SMILES string of the molecule is Cc1ccc(CN(CC2(C)CCCC3(C)c4ccc(C(C)C)cc4CCC23)C(=O)c2ccc(Br)cc2)cc1. The van der Waals surface area contributed by atoms with Crippen LogP contribution in [-0.4, -0.2) is 17.4 Å². The molecule has 0 heterocycles. The van der Waals surface area contributed by atoms with Crippen molar-refractivity contribution in [2.24, 2.45) is 11.3 Å². The van der Waals surface area contributed by atoms with Crippen molar-refractivity contribution in [1.82, 2.24) is 4.90 Å². The Labute approximate surface area is 238 Å². The van der Waals surface area contributed by atoms with Gasteiger partial charge in [0.25, 0.3) is 5.91 Å². The average Bonchev–Trinajstić information content (AvgIpc) is 2.89. The van der Waals surface area contributed by atoms with Gasteiger partial charge in [0.2, 0.25) is 0 Å². The summed E-state index contributed by atoms with van der Waals surface area (Å²) in [7, 11) is 0. The molecule has 1 amide bonds. The zero-order valence-corrected chi connectivity index (χ0v) is 25.3. The predicted octanol–water partition coefficient (Wildman–Crippen LogP) is 9.23. The lowest BCUT2D eigenvalue weighted by molar-refractivity contribution is -0.00282. The lowest BCUT2D eigenvalue weighted by Gasteiger charge is -2.56. The molecule has 0 bridgehead atoms. The highest BCUT2D eigenvalue weighted by molar-refractivity contribution is 9.10. The molecule has 1 fully saturated rings. The largest absolute Gasteiger partial charge is 0.334 e. The van der Waals surface area contributed by atoms with Crippen molar-refractivity contribution in [3.05, 3.63) is 105 Å². The van der Waals surface area contributed by atoms with Crippen molar-refractivity contribution in [3.8, 4) is 0 Å². The van der Waals surface area contributed by atoms with E-state index in [9.17, 15) is 4.79 Å². The molecule has 3 aromatic rings. The maximum absolute atomic E-state index is 14.0. The van der Waals surface area contributed by atoms with Crippen molar-refractivity contribution in [3.63, 3.8) is 0 Å². The van der Waals surface area contributed by atoms with E-state index in [1.807, 2.05) is 24.3 Å². The number of benzene rings is 3. The summed E-state index contributed by atoms with van der Waals surface area (Å²) in [5.41, 5.74) is 8.00. The fourth-order valence-electron chi connectivity index (χ4n) is 7.52. The number of hydrogen-bond donors (Lipinski definition) is 0. The van der Waals surface area contributed by atoms with Crippen LogP contribution in [0.25, 0.3) is 0 Å². The third-order valence-corrected chi connectivity index (χ3v) is 10.1. The number of rotatable bonds is 6. The minimum absolute atomic E-state index is 0.0666. The molecule has 0 aromatic heterocycles. The number of carbonyl (C=O) groups excluding carboxylic acids is 1. The van der Waals surface area contributed by atoms with Crippen LogP contribution in [-0.2, 0) is 18.4 Å². The van der Waals surface area contributed by atoms with Gasteiger partial charge in [0.1, 0.15) is 0 Å². The molecule has 200 valence electrons. The second-order valence-electron chi connectivity index (χ2n) is 12.7. The van der Waals surface area contributed by atoms with Crippen molar-refractivity contribution in [2.75, 3.05) is 6.54 Å². The molecule has 3 atom stereocenters. The number of hydrogen-bond acceptors (Lipinski definition) is 1. The summed E-state index contributed by atoms with van der Waals surface area (Å²) in [6, 6.07) is 23.8. The summed E-state index contributed by atoms with van der Waals surface area (Å²) in [6.07, 6.45) is 5.96. The Morgan fingerprint density at radius 1 is 1.00 bits per heavy atom. The quantitative estimate of drug-likeness (QED) is 0.288. The van der Waals surface area contributed by atoms with Gasteiger partial charge in [-0.05, 0) is 102 Å². The third-order valence-electron chi connectivity index (χ3n) is 9.59. The van der Waals surface area contributed by atoms with Gasteiger partial charge in [-0.2, -0.15) is 0 Å². The Morgan fingerprint density at radius 2 is 1.71 bits per heavy atom. The van der Waals surface area contributed by atoms with Crippen molar-refractivity contribution in [2.45, 2.75) is 84.6 Å².